The molecule has 32 heavy (non-hydrogen) atoms. The van der Waals surface area contributed by atoms with Crippen molar-refractivity contribution in [3.05, 3.63) is 71.9 Å². The van der Waals surface area contributed by atoms with Gasteiger partial charge in [0.25, 0.3) is 0 Å². The van der Waals surface area contributed by atoms with E-state index < -0.39 is 0 Å². The Bertz CT molecular complexity index is 996. The summed E-state index contributed by atoms with van der Waals surface area (Å²) in [4.78, 5) is 0. The molecule has 0 aromatic heterocycles. The Morgan fingerprint density at radius 3 is 1.69 bits per heavy atom. The van der Waals surface area contributed by atoms with Gasteiger partial charge in [-0.2, -0.15) is 0 Å². The van der Waals surface area contributed by atoms with Crippen LogP contribution in [0.4, 0.5) is 0 Å². The van der Waals surface area contributed by atoms with Crippen LogP contribution in [0.2, 0.25) is 0 Å². The fraction of sp³-hybridized carbons (Fsp3) is 0.484. The van der Waals surface area contributed by atoms with Gasteiger partial charge < -0.3 is 5.73 Å². The van der Waals surface area contributed by atoms with E-state index in [-0.39, 0.29) is 5.41 Å². The Morgan fingerprint density at radius 1 is 0.750 bits per heavy atom. The van der Waals surface area contributed by atoms with Crippen LogP contribution in [-0.2, 0) is 18.3 Å². The summed E-state index contributed by atoms with van der Waals surface area (Å²) < 4.78 is 0. The second kappa shape index (κ2) is 12.7. The molecule has 0 spiro atoms. The molecule has 0 aliphatic carbocycles. The van der Waals surface area contributed by atoms with E-state index in [2.05, 4.69) is 89.4 Å². The zero-order valence-corrected chi connectivity index (χ0v) is 21.3. The van der Waals surface area contributed by atoms with Crippen LogP contribution in [0.1, 0.15) is 96.3 Å². The zero-order chi connectivity index (χ0) is 23.6. The molecule has 0 bridgehead atoms. The predicted molar refractivity (Wildman–Crippen MR) is 146 cm³/mol. The van der Waals surface area contributed by atoms with E-state index in [1.807, 2.05) is 0 Å². The molecule has 0 saturated heterocycles. The number of aryl methyl sites for hydroxylation is 2. The second-order valence-electron chi connectivity index (χ2n) is 9.65. The molecular weight excluding hydrogens is 386 g/mol. The van der Waals surface area contributed by atoms with Gasteiger partial charge in [-0.1, -0.05) is 109 Å². The normalized spacial score (nSPS) is 11.4. The summed E-state index contributed by atoms with van der Waals surface area (Å²) in [6, 6.07) is 16.6. The molecule has 2 N–H and O–H groups in total. The number of hydrogen-bond donors (Lipinski definition) is 1. The molecular formula is C31H45N. The zero-order valence-electron chi connectivity index (χ0n) is 21.3. The van der Waals surface area contributed by atoms with Gasteiger partial charge in [0.1, 0.15) is 0 Å². The van der Waals surface area contributed by atoms with Gasteiger partial charge in [-0.15, -0.1) is 0 Å². The first-order chi connectivity index (χ1) is 15.4. The van der Waals surface area contributed by atoms with Gasteiger partial charge in [-0.25, -0.2) is 0 Å². The Hall–Kier alpha value is -2.28. The standard InChI is InChI=1S/C29H40.C2H5N/c1-6-9-11-15-25-23-17-13-14-18-24(23)26(16-12-10-7-2)28-21-22(19-20-27(25)28)29(4,5)8-3;1-2-3/h13-14,17-21H,6-12,15-16H2,1-5H3;2H,1,3H2. The average molecular weight is 432 g/mol. The maximum atomic E-state index is 4.61. The fourth-order valence-electron chi connectivity index (χ4n) is 4.62. The lowest BCUT2D eigenvalue weighted by Gasteiger charge is -2.25. The van der Waals surface area contributed by atoms with Crippen molar-refractivity contribution >= 4 is 21.5 Å². The molecule has 0 heterocycles. The van der Waals surface area contributed by atoms with E-state index in [1.165, 1.54) is 91.1 Å². The highest BCUT2D eigenvalue weighted by molar-refractivity contribution is 6.06. The summed E-state index contributed by atoms with van der Waals surface area (Å²) in [5.74, 6) is 0. The van der Waals surface area contributed by atoms with Crippen molar-refractivity contribution in [3.8, 4) is 0 Å². The number of unbranched alkanes of at least 4 members (excludes halogenated alkanes) is 4. The summed E-state index contributed by atoms with van der Waals surface area (Å²) in [5, 5.41) is 6.01. The number of hydrogen-bond acceptors (Lipinski definition) is 1. The van der Waals surface area contributed by atoms with Gasteiger partial charge in [0.05, 0.1) is 0 Å². The van der Waals surface area contributed by atoms with Crippen LogP contribution in [0, 0.1) is 0 Å². The average Bonchev–Trinajstić information content (AvgIpc) is 2.80. The van der Waals surface area contributed by atoms with E-state index in [0.29, 0.717) is 0 Å². The molecule has 0 aliphatic heterocycles. The molecule has 0 fully saturated rings. The predicted octanol–water partition coefficient (Wildman–Crippen LogP) is 9.23. The highest BCUT2D eigenvalue weighted by atomic mass is 14.5. The fourth-order valence-corrected chi connectivity index (χ4v) is 4.62. The molecule has 3 aromatic carbocycles. The Kier molecular flexibility index (Phi) is 10.3. The smallest absolute Gasteiger partial charge is 0.0106 e. The minimum Gasteiger partial charge on any atom is -0.405 e. The third-order valence-electron chi connectivity index (χ3n) is 6.97. The maximum Gasteiger partial charge on any atom is -0.0106 e. The van der Waals surface area contributed by atoms with E-state index >= 15 is 0 Å². The summed E-state index contributed by atoms with van der Waals surface area (Å²) in [6.45, 7) is 14.8. The molecule has 0 atom stereocenters. The first kappa shape index (κ1) is 26.0. The Morgan fingerprint density at radius 2 is 1.22 bits per heavy atom. The van der Waals surface area contributed by atoms with Gasteiger partial charge >= 0.3 is 0 Å². The summed E-state index contributed by atoms with van der Waals surface area (Å²) >= 11 is 0. The molecule has 174 valence electrons. The van der Waals surface area contributed by atoms with Gasteiger partial charge in [0, 0.05) is 0 Å². The van der Waals surface area contributed by atoms with Gasteiger partial charge in [-0.3, -0.25) is 0 Å². The minimum absolute atomic E-state index is 0.225. The quantitative estimate of drug-likeness (QED) is 0.251. The van der Waals surface area contributed by atoms with Gasteiger partial charge in [-0.05, 0) is 82.0 Å². The third kappa shape index (κ3) is 6.15. The molecule has 0 saturated carbocycles. The van der Waals surface area contributed by atoms with E-state index in [9.17, 15) is 0 Å². The highest BCUT2D eigenvalue weighted by Gasteiger charge is 2.20. The van der Waals surface area contributed by atoms with Crippen LogP contribution in [0.5, 0.6) is 0 Å². The van der Waals surface area contributed by atoms with Crippen LogP contribution in [0.25, 0.3) is 21.5 Å². The molecule has 3 rings (SSSR count). The third-order valence-corrected chi connectivity index (χ3v) is 6.97. The van der Waals surface area contributed by atoms with E-state index in [0.717, 1.165) is 0 Å². The summed E-state index contributed by atoms with van der Waals surface area (Å²) in [7, 11) is 0. The molecule has 0 aliphatic rings. The molecule has 1 heteroatoms. The van der Waals surface area contributed by atoms with Crippen molar-refractivity contribution < 1.29 is 0 Å². The second-order valence-corrected chi connectivity index (χ2v) is 9.65. The number of benzene rings is 3. The molecule has 3 aromatic rings. The largest absolute Gasteiger partial charge is 0.405 e. The monoisotopic (exact) mass is 431 g/mol. The summed E-state index contributed by atoms with van der Waals surface area (Å²) in [5.41, 5.74) is 9.48. The van der Waals surface area contributed by atoms with E-state index in [4.69, 9.17) is 0 Å². The van der Waals surface area contributed by atoms with Crippen molar-refractivity contribution in [2.24, 2.45) is 5.73 Å². The molecule has 0 unspecified atom stereocenters. The SMILES string of the molecule is C=CN.CCCCCc1c2ccccc2c(CCCCC)c2cc(C(C)(C)CC)ccc12. The Labute approximate surface area is 197 Å². The number of fused-ring (bicyclic) bond motifs is 2. The molecule has 1 nitrogen and oxygen atoms in total. The van der Waals surface area contributed by atoms with Crippen molar-refractivity contribution in [1.29, 1.82) is 0 Å². The minimum atomic E-state index is 0.225. The lowest BCUT2D eigenvalue weighted by molar-refractivity contribution is 0.507. The van der Waals surface area contributed by atoms with Crippen molar-refractivity contribution in [2.45, 2.75) is 97.8 Å². The van der Waals surface area contributed by atoms with Crippen LogP contribution in [0.3, 0.4) is 0 Å². The molecule has 0 amide bonds. The van der Waals surface area contributed by atoms with Crippen molar-refractivity contribution in [1.82, 2.24) is 0 Å². The maximum absolute atomic E-state index is 4.61. The van der Waals surface area contributed by atoms with Crippen LogP contribution in [-0.4, -0.2) is 0 Å². The lowest BCUT2D eigenvalue weighted by Crippen LogP contribution is -2.15. The van der Waals surface area contributed by atoms with Crippen molar-refractivity contribution in [3.63, 3.8) is 0 Å². The van der Waals surface area contributed by atoms with Crippen LogP contribution < -0.4 is 5.73 Å². The van der Waals surface area contributed by atoms with Gasteiger partial charge in [0.2, 0.25) is 0 Å². The van der Waals surface area contributed by atoms with E-state index in [1.54, 1.807) is 11.1 Å². The van der Waals surface area contributed by atoms with Crippen LogP contribution >= 0.6 is 0 Å². The highest BCUT2D eigenvalue weighted by Crippen LogP contribution is 2.38. The number of rotatable bonds is 10. The molecule has 0 radical (unpaired) electrons. The van der Waals surface area contributed by atoms with Crippen molar-refractivity contribution in [2.75, 3.05) is 0 Å². The summed E-state index contributed by atoms with van der Waals surface area (Å²) in [6.07, 6.45) is 12.6. The Balaban J connectivity index is 0.00000114. The topological polar surface area (TPSA) is 26.0 Å². The van der Waals surface area contributed by atoms with Gasteiger partial charge in [0.15, 0.2) is 0 Å². The van der Waals surface area contributed by atoms with Crippen LogP contribution in [0.15, 0.2) is 55.2 Å². The number of nitrogens with two attached hydrogens (primary N) is 1. The first-order valence-electron chi connectivity index (χ1n) is 12.7. The first-order valence-corrected chi connectivity index (χ1v) is 12.7. The lowest BCUT2D eigenvalue weighted by atomic mass is 9.79.